The molecule has 0 bridgehead atoms. The smallest absolute Gasteiger partial charge is 0.416 e. The van der Waals surface area contributed by atoms with Crippen molar-refractivity contribution in [2.24, 2.45) is 5.73 Å². The first kappa shape index (κ1) is 34.6. The molecule has 47 heavy (non-hydrogen) atoms. The molecule has 7 nitrogen and oxygen atoms in total. The van der Waals surface area contributed by atoms with E-state index < -0.39 is 52.1 Å². The molecule has 2 aliphatic heterocycles. The van der Waals surface area contributed by atoms with Crippen LogP contribution in [0.4, 0.5) is 26.3 Å². The first-order valence-corrected chi connectivity index (χ1v) is 15.1. The molecule has 0 radical (unpaired) electrons. The van der Waals surface area contributed by atoms with E-state index in [1.807, 2.05) is 28.0 Å². The summed E-state index contributed by atoms with van der Waals surface area (Å²) in [5.74, 6) is -0.803. The van der Waals surface area contributed by atoms with Crippen LogP contribution in [0.25, 0.3) is 0 Å². The minimum Gasteiger partial charge on any atom is -0.497 e. The van der Waals surface area contributed by atoms with E-state index in [-0.39, 0.29) is 37.9 Å². The molecule has 2 saturated heterocycles. The molecule has 0 spiro atoms. The molecule has 3 aromatic rings. The van der Waals surface area contributed by atoms with Gasteiger partial charge >= 0.3 is 12.4 Å². The number of methoxy groups -OCH3 is 1. The highest BCUT2D eigenvalue weighted by molar-refractivity contribution is 6.04. The topological polar surface area (TPSA) is 87.9 Å². The molecular weight excluding hydrogens is 626 g/mol. The summed E-state index contributed by atoms with van der Waals surface area (Å²) >= 11 is 0. The number of ketones is 2. The molecule has 3 atom stereocenters. The summed E-state index contributed by atoms with van der Waals surface area (Å²) in [7, 11) is 1.45. The number of Topliss-reactive ketones (excluding diaryl/α,β-unsaturated/α-hetero) is 2. The maximum Gasteiger partial charge on any atom is 0.416 e. The van der Waals surface area contributed by atoms with Crippen molar-refractivity contribution in [3.8, 4) is 5.75 Å². The van der Waals surface area contributed by atoms with Gasteiger partial charge in [0.2, 0.25) is 0 Å². The van der Waals surface area contributed by atoms with Crippen molar-refractivity contribution >= 4 is 11.6 Å². The SMILES string of the molecule is COc1ccc(C2(C(=O)c3cc(C(F)(F)F)cc(C(F)(F)F)c3)CC(N3CCNCC3(N)C(C)=O)CCN2Cc2ccccc2)cc1. The predicted octanol–water partition coefficient (Wildman–Crippen LogP) is 5.62. The fourth-order valence-corrected chi connectivity index (χ4v) is 6.83. The number of likely N-dealkylation sites (tertiary alicyclic amines) is 1. The van der Waals surface area contributed by atoms with Crippen LogP contribution in [0.15, 0.2) is 72.8 Å². The maximum absolute atomic E-state index is 15.0. The molecule has 0 aliphatic carbocycles. The Bertz CT molecular complexity index is 1570. The Kier molecular flexibility index (Phi) is 9.57. The van der Waals surface area contributed by atoms with Crippen LogP contribution in [-0.4, -0.2) is 66.4 Å². The summed E-state index contributed by atoms with van der Waals surface area (Å²) in [5, 5.41) is 3.13. The second-order valence-corrected chi connectivity index (χ2v) is 12.1. The van der Waals surface area contributed by atoms with Crippen LogP contribution in [0.2, 0.25) is 0 Å². The van der Waals surface area contributed by atoms with Crippen molar-refractivity contribution in [1.29, 1.82) is 0 Å². The Morgan fingerprint density at radius 2 is 1.55 bits per heavy atom. The monoisotopic (exact) mass is 662 g/mol. The number of nitrogens with zero attached hydrogens (tertiary/aromatic N) is 2. The van der Waals surface area contributed by atoms with Crippen LogP contribution in [0.5, 0.6) is 5.75 Å². The van der Waals surface area contributed by atoms with E-state index in [1.54, 1.807) is 36.4 Å². The Morgan fingerprint density at radius 1 is 0.936 bits per heavy atom. The fourth-order valence-electron chi connectivity index (χ4n) is 6.83. The molecule has 3 aromatic carbocycles. The zero-order chi connectivity index (χ0) is 34.2. The van der Waals surface area contributed by atoms with Gasteiger partial charge in [0.05, 0.1) is 18.2 Å². The van der Waals surface area contributed by atoms with E-state index >= 15 is 4.79 Å². The second kappa shape index (κ2) is 13.0. The van der Waals surface area contributed by atoms with E-state index in [0.717, 1.165) is 5.56 Å². The molecule has 2 heterocycles. The fraction of sp³-hybridized carbons (Fsp3) is 0.412. The number of rotatable bonds is 8. The third-order valence-electron chi connectivity index (χ3n) is 9.30. The number of piperazine rings is 1. The summed E-state index contributed by atoms with van der Waals surface area (Å²) in [5.41, 5.74) is 0.730. The van der Waals surface area contributed by atoms with Gasteiger partial charge in [-0.2, -0.15) is 26.3 Å². The lowest BCUT2D eigenvalue weighted by Gasteiger charge is -2.55. The van der Waals surface area contributed by atoms with Crippen molar-refractivity contribution < 1.29 is 40.7 Å². The number of nitrogens with one attached hydrogen (secondary N) is 1. The Morgan fingerprint density at radius 3 is 2.11 bits per heavy atom. The van der Waals surface area contributed by atoms with Crippen molar-refractivity contribution in [1.82, 2.24) is 15.1 Å². The zero-order valence-corrected chi connectivity index (χ0v) is 25.9. The lowest BCUT2D eigenvalue weighted by Crippen LogP contribution is -2.74. The van der Waals surface area contributed by atoms with Gasteiger partial charge in [-0.1, -0.05) is 42.5 Å². The molecule has 2 aliphatic rings. The Balaban J connectivity index is 1.75. The Hall–Kier alpha value is -3.78. The average molecular weight is 663 g/mol. The summed E-state index contributed by atoms with van der Waals surface area (Å²) in [6, 6.07) is 15.9. The highest BCUT2D eigenvalue weighted by Gasteiger charge is 2.54. The minimum atomic E-state index is -5.15. The van der Waals surface area contributed by atoms with Crippen LogP contribution >= 0.6 is 0 Å². The normalized spacial score (nSPS) is 24.6. The largest absolute Gasteiger partial charge is 0.497 e. The van der Waals surface area contributed by atoms with Crippen molar-refractivity contribution in [3.05, 3.63) is 101 Å². The predicted molar refractivity (Wildman–Crippen MR) is 162 cm³/mol. The van der Waals surface area contributed by atoms with Gasteiger partial charge in [-0.25, -0.2) is 0 Å². The van der Waals surface area contributed by atoms with Crippen LogP contribution in [0, 0.1) is 0 Å². The molecule has 3 unspecified atom stereocenters. The number of nitrogens with two attached hydrogens (primary N) is 1. The molecule has 252 valence electrons. The van der Waals surface area contributed by atoms with E-state index in [2.05, 4.69) is 5.32 Å². The molecule has 2 fully saturated rings. The third kappa shape index (κ3) is 6.80. The number of alkyl halides is 6. The first-order valence-electron chi connectivity index (χ1n) is 15.1. The van der Waals surface area contributed by atoms with Gasteiger partial charge in [0.15, 0.2) is 11.6 Å². The van der Waals surface area contributed by atoms with E-state index in [4.69, 9.17) is 10.5 Å². The number of carbonyl (C=O) groups is 2. The second-order valence-electron chi connectivity index (χ2n) is 12.1. The molecular formula is C34H36F6N4O3. The van der Waals surface area contributed by atoms with Crippen LogP contribution in [0.3, 0.4) is 0 Å². The lowest BCUT2D eigenvalue weighted by molar-refractivity contribution is -0.143. The van der Waals surface area contributed by atoms with Crippen LogP contribution in [-0.2, 0) is 29.2 Å². The lowest BCUT2D eigenvalue weighted by atomic mass is 9.72. The van der Waals surface area contributed by atoms with Crippen molar-refractivity contribution in [2.75, 3.05) is 33.3 Å². The van der Waals surface area contributed by atoms with Gasteiger partial charge in [-0.05, 0) is 61.2 Å². The van der Waals surface area contributed by atoms with Gasteiger partial charge in [0.1, 0.15) is 17.0 Å². The summed E-state index contributed by atoms with van der Waals surface area (Å²) in [6.07, 6.45) is -9.93. The van der Waals surface area contributed by atoms with E-state index in [1.165, 1.54) is 14.0 Å². The van der Waals surface area contributed by atoms with Gasteiger partial charge in [-0.3, -0.25) is 19.4 Å². The average Bonchev–Trinajstić information content (AvgIpc) is 3.04. The summed E-state index contributed by atoms with van der Waals surface area (Å²) < 4.78 is 89.4. The molecule has 5 rings (SSSR count). The van der Waals surface area contributed by atoms with Gasteiger partial charge in [0, 0.05) is 44.3 Å². The van der Waals surface area contributed by atoms with E-state index in [0.29, 0.717) is 43.0 Å². The third-order valence-corrected chi connectivity index (χ3v) is 9.30. The summed E-state index contributed by atoms with van der Waals surface area (Å²) in [4.78, 5) is 31.5. The highest BCUT2D eigenvalue weighted by Crippen LogP contribution is 2.46. The summed E-state index contributed by atoms with van der Waals surface area (Å²) in [6.45, 7) is 2.72. The number of halogens is 6. The molecule has 3 N–H and O–H groups in total. The number of hydrogen-bond donors (Lipinski definition) is 2. The van der Waals surface area contributed by atoms with Crippen LogP contribution < -0.4 is 15.8 Å². The zero-order valence-electron chi connectivity index (χ0n) is 25.9. The van der Waals surface area contributed by atoms with Gasteiger partial charge in [-0.15, -0.1) is 0 Å². The molecule has 0 saturated carbocycles. The van der Waals surface area contributed by atoms with Gasteiger partial charge in [0.25, 0.3) is 0 Å². The number of benzene rings is 3. The Labute approximate surface area is 268 Å². The number of hydrogen-bond acceptors (Lipinski definition) is 7. The van der Waals surface area contributed by atoms with Gasteiger partial charge < -0.3 is 15.8 Å². The van der Waals surface area contributed by atoms with Crippen molar-refractivity contribution in [3.63, 3.8) is 0 Å². The number of ether oxygens (including phenoxy) is 1. The van der Waals surface area contributed by atoms with Crippen molar-refractivity contribution in [2.45, 2.75) is 55.9 Å². The maximum atomic E-state index is 15.0. The van der Waals surface area contributed by atoms with Crippen LogP contribution in [0.1, 0.15) is 52.4 Å². The molecule has 0 aromatic heterocycles. The van der Waals surface area contributed by atoms with E-state index in [9.17, 15) is 31.1 Å². The minimum absolute atomic E-state index is 0.0125. The number of piperidine rings is 1. The quantitative estimate of drug-likeness (QED) is 0.239. The highest BCUT2D eigenvalue weighted by atomic mass is 19.4. The standard InChI is InChI=1S/C34H36F6N4O3/c1-22(45)32(41)21-42-13-15-44(32)28-12-14-43(20-23-6-4-3-5-7-23)31(19-28,25-8-10-29(47-2)11-9-25)30(46)24-16-26(33(35,36)37)18-27(17-24)34(38,39)40/h3-11,16-18,28,42H,12-15,19-21,41H2,1-2H3. The molecule has 0 amide bonds. The first-order chi connectivity index (χ1) is 22.1. The number of carbonyl (C=O) groups excluding carboxylic acids is 2. The molecule has 13 heteroatoms.